The number of nitriles is 1. The van der Waals surface area contributed by atoms with Gasteiger partial charge in [-0.05, 0) is 66.8 Å². The molecule has 2 aromatic rings. The number of anilines is 1. The number of hydrogen-bond acceptors (Lipinski definition) is 2. The third-order valence-electron chi connectivity index (χ3n) is 4.65. The molecule has 1 aliphatic heterocycles. The van der Waals surface area contributed by atoms with Crippen LogP contribution < -0.4 is 4.90 Å². The van der Waals surface area contributed by atoms with Gasteiger partial charge in [-0.3, -0.25) is 0 Å². The second-order valence-electron chi connectivity index (χ2n) is 6.48. The molecule has 0 saturated carbocycles. The first-order chi connectivity index (χ1) is 12.4. The summed E-state index contributed by atoms with van der Waals surface area (Å²) in [6, 6.07) is 12.9. The third kappa shape index (κ3) is 3.91. The van der Waals surface area contributed by atoms with Crippen LogP contribution >= 0.6 is 0 Å². The molecule has 0 aliphatic carbocycles. The fourth-order valence-corrected chi connectivity index (χ4v) is 3.19. The van der Waals surface area contributed by atoms with Gasteiger partial charge in [-0.2, -0.15) is 18.4 Å². The summed E-state index contributed by atoms with van der Waals surface area (Å²) in [5.74, 6) is 0. The van der Waals surface area contributed by atoms with Gasteiger partial charge < -0.3 is 4.90 Å². The normalized spacial score (nSPS) is 15.2. The molecular weight excluding hydrogens is 337 g/mol. The van der Waals surface area contributed by atoms with Gasteiger partial charge in [-0.15, -0.1) is 0 Å². The number of rotatable bonds is 3. The SMILES string of the molecule is Cc1cc(N2CCCC2)ccc1/C=C(/C#N)c1cccc(C(F)(F)F)c1. The minimum absolute atomic E-state index is 0.216. The standard InChI is InChI=1S/C21H19F3N2/c1-15-11-20(26-9-2-3-10-26)8-7-16(15)12-18(14-25)17-5-4-6-19(13-17)21(22,23)24/h4-8,11-13H,2-3,9-10H2,1H3/b18-12-. The van der Waals surface area contributed by atoms with Crippen LogP contribution in [0, 0.1) is 18.3 Å². The van der Waals surface area contributed by atoms with E-state index in [0.29, 0.717) is 0 Å². The zero-order chi connectivity index (χ0) is 18.7. The number of halogens is 3. The summed E-state index contributed by atoms with van der Waals surface area (Å²) in [5.41, 5.74) is 2.71. The van der Waals surface area contributed by atoms with Crippen molar-refractivity contribution in [1.82, 2.24) is 0 Å². The maximum absolute atomic E-state index is 12.9. The van der Waals surface area contributed by atoms with Gasteiger partial charge in [0.25, 0.3) is 0 Å². The van der Waals surface area contributed by atoms with E-state index >= 15 is 0 Å². The average Bonchev–Trinajstić information content (AvgIpc) is 3.15. The minimum atomic E-state index is -4.43. The van der Waals surface area contributed by atoms with Gasteiger partial charge in [-0.25, -0.2) is 0 Å². The van der Waals surface area contributed by atoms with Crippen molar-refractivity contribution in [3.05, 3.63) is 64.7 Å². The van der Waals surface area contributed by atoms with Gasteiger partial charge >= 0.3 is 6.18 Å². The molecule has 1 heterocycles. The highest BCUT2D eigenvalue weighted by atomic mass is 19.4. The number of benzene rings is 2. The molecule has 0 bridgehead atoms. The monoisotopic (exact) mass is 356 g/mol. The number of allylic oxidation sites excluding steroid dienone is 1. The van der Waals surface area contributed by atoms with Gasteiger partial charge in [0.1, 0.15) is 0 Å². The zero-order valence-electron chi connectivity index (χ0n) is 14.5. The first-order valence-electron chi connectivity index (χ1n) is 8.53. The molecule has 134 valence electrons. The Bertz CT molecular complexity index is 870. The van der Waals surface area contributed by atoms with Crippen LogP contribution in [0.1, 0.15) is 35.1 Å². The number of hydrogen-bond donors (Lipinski definition) is 0. The summed E-state index contributed by atoms with van der Waals surface area (Å²) in [5, 5.41) is 9.44. The summed E-state index contributed by atoms with van der Waals surface area (Å²) in [6.07, 6.45) is -0.397. The molecule has 0 unspecified atom stereocenters. The number of nitrogens with zero attached hydrogens (tertiary/aromatic N) is 2. The molecule has 1 fully saturated rings. The predicted molar refractivity (Wildman–Crippen MR) is 97.6 cm³/mol. The van der Waals surface area contributed by atoms with Gasteiger partial charge in [0.2, 0.25) is 0 Å². The zero-order valence-corrected chi connectivity index (χ0v) is 14.5. The van der Waals surface area contributed by atoms with Crippen molar-refractivity contribution in [2.75, 3.05) is 18.0 Å². The Morgan fingerprint density at radius 2 is 1.85 bits per heavy atom. The molecule has 0 amide bonds. The molecular formula is C21H19F3N2. The van der Waals surface area contributed by atoms with Gasteiger partial charge in [0, 0.05) is 18.8 Å². The maximum atomic E-state index is 12.9. The van der Waals surface area contributed by atoms with Crippen LogP contribution in [0.25, 0.3) is 11.6 Å². The third-order valence-corrected chi connectivity index (χ3v) is 4.65. The van der Waals surface area contributed by atoms with Gasteiger partial charge in [0.15, 0.2) is 0 Å². The van der Waals surface area contributed by atoms with E-state index in [2.05, 4.69) is 11.0 Å². The van der Waals surface area contributed by atoms with Crippen molar-refractivity contribution in [3.63, 3.8) is 0 Å². The quantitative estimate of drug-likeness (QED) is 0.523. The van der Waals surface area contributed by atoms with Crippen LogP contribution in [-0.2, 0) is 6.18 Å². The molecule has 2 aromatic carbocycles. The molecule has 5 heteroatoms. The van der Waals surface area contributed by atoms with Crippen molar-refractivity contribution in [3.8, 4) is 6.07 Å². The van der Waals surface area contributed by atoms with Crippen molar-refractivity contribution >= 4 is 17.3 Å². The molecule has 2 nitrogen and oxygen atoms in total. The molecule has 0 radical (unpaired) electrons. The Balaban J connectivity index is 1.93. The molecule has 0 aromatic heterocycles. The summed E-state index contributed by atoms with van der Waals surface area (Å²) in [7, 11) is 0. The summed E-state index contributed by atoms with van der Waals surface area (Å²) in [6.45, 7) is 4.04. The Hall–Kier alpha value is -2.74. The molecule has 0 N–H and O–H groups in total. The largest absolute Gasteiger partial charge is 0.416 e. The van der Waals surface area contributed by atoms with E-state index in [0.717, 1.165) is 42.0 Å². The Morgan fingerprint density at radius 1 is 1.12 bits per heavy atom. The van der Waals surface area contributed by atoms with Crippen LogP contribution in [0.3, 0.4) is 0 Å². The van der Waals surface area contributed by atoms with E-state index in [-0.39, 0.29) is 11.1 Å². The molecule has 0 spiro atoms. The first kappa shape index (κ1) is 18.1. The van der Waals surface area contributed by atoms with Crippen LogP contribution in [-0.4, -0.2) is 13.1 Å². The summed E-state index contributed by atoms with van der Waals surface area (Å²) in [4.78, 5) is 2.32. The lowest BCUT2D eigenvalue weighted by atomic mass is 9.99. The van der Waals surface area contributed by atoms with E-state index in [9.17, 15) is 18.4 Å². The van der Waals surface area contributed by atoms with E-state index < -0.39 is 11.7 Å². The van der Waals surface area contributed by atoms with E-state index in [1.807, 2.05) is 25.1 Å². The van der Waals surface area contributed by atoms with Crippen LogP contribution in [0.4, 0.5) is 18.9 Å². The topological polar surface area (TPSA) is 27.0 Å². The molecule has 1 saturated heterocycles. The second-order valence-corrected chi connectivity index (χ2v) is 6.48. The molecule has 3 rings (SSSR count). The first-order valence-corrected chi connectivity index (χ1v) is 8.53. The van der Waals surface area contributed by atoms with E-state index in [1.165, 1.54) is 25.0 Å². The lowest BCUT2D eigenvalue weighted by Crippen LogP contribution is -2.17. The lowest BCUT2D eigenvalue weighted by Gasteiger charge is -2.18. The van der Waals surface area contributed by atoms with Crippen LogP contribution in [0.5, 0.6) is 0 Å². The summed E-state index contributed by atoms with van der Waals surface area (Å²) < 4.78 is 38.7. The maximum Gasteiger partial charge on any atom is 0.416 e. The minimum Gasteiger partial charge on any atom is -0.372 e. The molecule has 0 atom stereocenters. The molecule has 1 aliphatic rings. The van der Waals surface area contributed by atoms with E-state index in [4.69, 9.17) is 0 Å². The average molecular weight is 356 g/mol. The molecule has 26 heavy (non-hydrogen) atoms. The second kappa shape index (κ2) is 7.25. The van der Waals surface area contributed by atoms with Crippen LogP contribution in [0.15, 0.2) is 42.5 Å². The Morgan fingerprint density at radius 3 is 2.46 bits per heavy atom. The van der Waals surface area contributed by atoms with Gasteiger partial charge in [0.05, 0.1) is 17.2 Å². The predicted octanol–water partition coefficient (Wildman–Crippen LogP) is 5.68. The highest BCUT2D eigenvalue weighted by Crippen LogP contribution is 2.32. The highest BCUT2D eigenvalue weighted by Gasteiger charge is 2.30. The number of alkyl halides is 3. The fraction of sp³-hybridized carbons (Fsp3) is 0.286. The highest BCUT2D eigenvalue weighted by molar-refractivity contribution is 5.90. The van der Waals surface area contributed by atoms with Crippen molar-refractivity contribution in [2.24, 2.45) is 0 Å². The lowest BCUT2D eigenvalue weighted by molar-refractivity contribution is -0.137. The van der Waals surface area contributed by atoms with Crippen molar-refractivity contribution in [2.45, 2.75) is 25.9 Å². The number of aryl methyl sites for hydroxylation is 1. The van der Waals surface area contributed by atoms with Crippen molar-refractivity contribution in [1.29, 1.82) is 5.26 Å². The fourth-order valence-electron chi connectivity index (χ4n) is 3.19. The van der Waals surface area contributed by atoms with Crippen molar-refractivity contribution < 1.29 is 13.2 Å². The van der Waals surface area contributed by atoms with E-state index in [1.54, 1.807) is 6.08 Å². The smallest absolute Gasteiger partial charge is 0.372 e. The van der Waals surface area contributed by atoms with Crippen LogP contribution in [0.2, 0.25) is 0 Å². The van der Waals surface area contributed by atoms with Gasteiger partial charge in [-0.1, -0.05) is 18.2 Å². The summed E-state index contributed by atoms with van der Waals surface area (Å²) >= 11 is 0. The Labute approximate surface area is 151 Å². The Kier molecular flexibility index (Phi) is 5.03.